The summed E-state index contributed by atoms with van der Waals surface area (Å²) in [5, 5.41) is 14.8. The topological polar surface area (TPSA) is 66.5 Å². The highest BCUT2D eigenvalue weighted by Crippen LogP contribution is 2.24. The van der Waals surface area contributed by atoms with Crippen LogP contribution in [-0.4, -0.2) is 20.4 Å². The van der Waals surface area contributed by atoms with E-state index in [0.717, 1.165) is 27.1 Å². The summed E-state index contributed by atoms with van der Waals surface area (Å²) < 4.78 is 0.748. The average molecular weight is 365 g/mol. The van der Waals surface area contributed by atoms with Gasteiger partial charge in [-0.25, -0.2) is 4.98 Å². The Morgan fingerprint density at radius 2 is 2.00 bits per heavy atom. The van der Waals surface area contributed by atoms with Crippen molar-refractivity contribution in [3.05, 3.63) is 57.9 Å². The monoisotopic (exact) mass is 363 g/mol. The van der Waals surface area contributed by atoms with E-state index in [1.54, 1.807) is 6.20 Å². The van der Waals surface area contributed by atoms with E-state index in [-0.39, 0.29) is 0 Å². The van der Waals surface area contributed by atoms with Gasteiger partial charge >= 0.3 is 0 Å². The van der Waals surface area contributed by atoms with Gasteiger partial charge in [0.1, 0.15) is 16.5 Å². The van der Waals surface area contributed by atoms with E-state index < -0.39 is 0 Å². The molecule has 0 fully saturated rings. The van der Waals surface area contributed by atoms with Crippen molar-refractivity contribution in [1.29, 1.82) is 0 Å². The second kappa shape index (κ2) is 6.24. The number of benzene rings is 1. The lowest BCUT2D eigenvalue weighted by Gasteiger charge is -2.06. The first-order valence-electron chi connectivity index (χ1n) is 6.24. The number of anilines is 1. The molecule has 3 rings (SSSR count). The summed E-state index contributed by atoms with van der Waals surface area (Å²) in [6, 6.07) is 11.8. The molecule has 0 saturated carbocycles. The molecule has 1 aromatic carbocycles. The van der Waals surface area contributed by atoms with Crippen LogP contribution in [0.1, 0.15) is 5.69 Å². The summed E-state index contributed by atoms with van der Waals surface area (Å²) in [4.78, 5) is 4.07. The number of nitrogens with zero attached hydrogens (tertiary/aromatic N) is 3. The van der Waals surface area contributed by atoms with Gasteiger partial charge in [0, 0.05) is 5.56 Å². The number of nitrogens with one attached hydrogen (secondary N) is 2. The van der Waals surface area contributed by atoms with Gasteiger partial charge < -0.3 is 5.32 Å². The summed E-state index contributed by atoms with van der Waals surface area (Å²) in [6.45, 7) is 0.538. The molecule has 5 nitrogen and oxygen atoms in total. The summed E-state index contributed by atoms with van der Waals surface area (Å²) in [5.74, 6) is 0. The SMILES string of the molecule is Clc1ncc(NCc2n[nH]nc2-c2ccccc2)cc1Br. The van der Waals surface area contributed by atoms with Gasteiger partial charge in [0.05, 0.1) is 22.9 Å². The highest BCUT2D eigenvalue weighted by molar-refractivity contribution is 9.10. The fraction of sp³-hybridized carbons (Fsp3) is 0.0714. The molecule has 0 radical (unpaired) electrons. The van der Waals surface area contributed by atoms with Gasteiger partial charge in [-0.1, -0.05) is 41.9 Å². The Labute approximate surface area is 134 Å². The molecular weight excluding hydrogens is 354 g/mol. The number of aromatic nitrogens is 4. The normalized spacial score (nSPS) is 10.6. The number of halogens is 2. The number of pyridine rings is 1. The highest BCUT2D eigenvalue weighted by Gasteiger charge is 2.10. The van der Waals surface area contributed by atoms with Crippen molar-refractivity contribution in [2.24, 2.45) is 0 Å². The molecular formula is C14H11BrClN5. The molecule has 0 amide bonds. The molecule has 0 aliphatic carbocycles. The largest absolute Gasteiger partial charge is 0.378 e. The Hall–Kier alpha value is -1.92. The zero-order valence-electron chi connectivity index (χ0n) is 10.8. The first kappa shape index (κ1) is 14.0. The lowest BCUT2D eigenvalue weighted by Crippen LogP contribution is -2.02. The molecule has 106 valence electrons. The Kier molecular flexibility index (Phi) is 4.17. The van der Waals surface area contributed by atoms with Crippen LogP contribution in [0.3, 0.4) is 0 Å². The number of hydrogen-bond acceptors (Lipinski definition) is 4. The molecule has 2 N–H and O–H groups in total. The van der Waals surface area contributed by atoms with E-state index in [1.165, 1.54) is 0 Å². The molecule has 21 heavy (non-hydrogen) atoms. The standard InChI is InChI=1S/C14H11BrClN5/c15-11-6-10(7-18-14(11)16)17-8-12-13(20-21-19-12)9-4-2-1-3-5-9/h1-7,17H,8H2,(H,19,20,21). The zero-order chi connectivity index (χ0) is 14.7. The minimum absolute atomic E-state index is 0.437. The molecule has 0 bridgehead atoms. The molecule has 0 atom stereocenters. The fourth-order valence-electron chi connectivity index (χ4n) is 1.91. The van der Waals surface area contributed by atoms with E-state index in [1.807, 2.05) is 36.4 Å². The van der Waals surface area contributed by atoms with Crippen LogP contribution in [0.5, 0.6) is 0 Å². The van der Waals surface area contributed by atoms with E-state index in [9.17, 15) is 0 Å². The third-order valence-electron chi connectivity index (χ3n) is 2.92. The summed E-state index contributed by atoms with van der Waals surface area (Å²) >= 11 is 9.22. The van der Waals surface area contributed by atoms with Gasteiger partial charge in [-0.05, 0) is 22.0 Å². The molecule has 0 aliphatic heterocycles. The lowest BCUT2D eigenvalue weighted by atomic mass is 10.1. The minimum atomic E-state index is 0.437. The van der Waals surface area contributed by atoms with Crippen LogP contribution in [0.25, 0.3) is 11.3 Å². The van der Waals surface area contributed by atoms with E-state index in [4.69, 9.17) is 11.6 Å². The molecule has 3 aromatic rings. The fourth-order valence-corrected chi connectivity index (χ4v) is 2.36. The van der Waals surface area contributed by atoms with Crippen LogP contribution >= 0.6 is 27.5 Å². The Morgan fingerprint density at radius 3 is 2.76 bits per heavy atom. The number of rotatable bonds is 4. The number of H-pyrrole nitrogens is 1. The van der Waals surface area contributed by atoms with Crippen LogP contribution < -0.4 is 5.32 Å². The third kappa shape index (κ3) is 3.22. The quantitative estimate of drug-likeness (QED) is 0.689. The van der Waals surface area contributed by atoms with Crippen molar-refractivity contribution in [3.8, 4) is 11.3 Å². The predicted octanol–water partition coefficient (Wildman–Crippen LogP) is 3.89. The summed E-state index contributed by atoms with van der Waals surface area (Å²) in [5.41, 5.74) is 3.56. The van der Waals surface area contributed by atoms with Crippen molar-refractivity contribution in [1.82, 2.24) is 20.4 Å². The maximum absolute atomic E-state index is 5.87. The third-order valence-corrected chi connectivity index (χ3v) is 4.06. The van der Waals surface area contributed by atoms with Crippen molar-refractivity contribution in [2.45, 2.75) is 6.54 Å². The van der Waals surface area contributed by atoms with Crippen LogP contribution in [0.4, 0.5) is 5.69 Å². The second-order valence-electron chi connectivity index (χ2n) is 4.34. The van der Waals surface area contributed by atoms with Gasteiger partial charge in [0.25, 0.3) is 0 Å². The van der Waals surface area contributed by atoms with Gasteiger partial charge in [-0.15, -0.1) is 0 Å². The van der Waals surface area contributed by atoms with E-state index >= 15 is 0 Å². The number of hydrogen-bond donors (Lipinski definition) is 2. The first-order chi connectivity index (χ1) is 10.2. The van der Waals surface area contributed by atoms with Crippen molar-refractivity contribution in [3.63, 3.8) is 0 Å². The Balaban J connectivity index is 1.77. The Bertz CT molecular complexity index is 744. The molecule has 0 unspecified atom stereocenters. The maximum Gasteiger partial charge on any atom is 0.143 e. The van der Waals surface area contributed by atoms with Crippen LogP contribution in [0, 0.1) is 0 Å². The number of aromatic amines is 1. The molecule has 0 aliphatic rings. The maximum atomic E-state index is 5.87. The van der Waals surface area contributed by atoms with Gasteiger partial charge in [-0.3, -0.25) is 0 Å². The minimum Gasteiger partial charge on any atom is -0.378 e. The second-order valence-corrected chi connectivity index (χ2v) is 5.55. The summed E-state index contributed by atoms with van der Waals surface area (Å²) in [6.07, 6.45) is 1.68. The van der Waals surface area contributed by atoms with Gasteiger partial charge in [0.2, 0.25) is 0 Å². The molecule has 0 saturated heterocycles. The van der Waals surface area contributed by atoms with Crippen molar-refractivity contribution in [2.75, 3.05) is 5.32 Å². The average Bonchev–Trinajstić information content (AvgIpc) is 2.98. The van der Waals surface area contributed by atoms with Crippen LogP contribution in [0.15, 0.2) is 47.1 Å². The van der Waals surface area contributed by atoms with E-state index in [2.05, 4.69) is 41.6 Å². The Morgan fingerprint density at radius 1 is 1.19 bits per heavy atom. The molecule has 2 aromatic heterocycles. The van der Waals surface area contributed by atoms with Gasteiger partial charge in [-0.2, -0.15) is 15.4 Å². The summed E-state index contributed by atoms with van der Waals surface area (Å²) in [7, 11) is 0. The zero-order valence-corrected chi connectivity index (χ0v) is 13.2. The molecule has 0 spiro atoms. The lowest BCUT2D eigenvalue weighted by molar-refractivity contribution is 0.911. The van der Waals surface area contributed by atoms with Gasteiger partial charge in [0.15, 0.2) is 0 Å². The van der Waals surface area contributed by atoms with Crippen LogP contribution in [0.2, 0.25) is 5.15 Å². The van der Waals surface area contributed by atoms with E-state index in [0.29, 0.717) is 11.7 Å². The predicted molar refractivity (Wildman–Crippen MR) is 86.1 cm³/mol. The first-order valence-corrected chi connectivity index (χ1v) is 7.41. The van der Waals surface area contributed by atoms with Crippen molar-refractivity contribution < 1.29 is 0 Å². The smallest absolute Gasteiger partial charge is 0.143 e. The molecule has 7 heteroatoms. The van der Waals surface area contributed by atoms with Crippen LogP contribution in [-0.2, 0) is 6.54 Å². The molecule has 2 heterocycles. The highest BCUT2D eigenvalue weighted by atomic mass is 79.9. The van der Waals surface area contributed by atoms with Crippen molar-refractivity contribution >= 4 is 33.2 Å².